The third-order valence-electron chi connectivity index (χ3n) is 3.71. The second-order valence-electron chi connectivity index (χ2n) is 5.60. The van der Waals surface area contributed by atoms with Gasteiger partial charge in [0, 0.05) is 11.6 Å². The van der Waals surface area contributed by atoms with Crippen LogP contribution in [-0.4, -0.2) is 11.6 Å². The number of pyridine rings is 1. The van der Waals surface area contributed by atoms with Gasteiger partial charge in [-0.1, -0.05) is 60.7 Å². The molecule has 0 N–H and O–H groups in total. The lowest BCUT2D eigenvalue weighted by Crippen LogP contribution is -1.96. The van der Waals surface area contributed by atoms with Crippen LogP contribution in [0.15, 0.2) is 110 Å². The molecule has 3 rings (SSSR count). The highest BCUT2D eigenvalue weighted by atomic mass is 16.5. The van der Waals surface area contributed by atoms with Gasteiger partial charge in [0.2, 0.25) is 0 Å². The van der Waals surface area contributed by atoms with Crippen molar-refractivity contribution in [2.75, 3.05) is 6.61 Å². The molecular weight excluding hydrogens is 334 g/mol. The lowest BCUT2D eigenvalue weighted by Gasteiger charge is -2.09. The first-order chi connectivity index (χ1) is 13.4. The van der Waals surface area contributed by atoms with Gasteiger partial charge in [-0.2, -0.15) is 0 Å². The molecule has 0 spiro atoms. The molecule has 0 amide bonds. The lowest BCUT2D eigenvalue weighted by molar-refractivity contribution is 0.367. The third-order valence-corrected chi connectivity index (χ3v) is 3.71. The molecule has 0 fully saturated rings. The number of benzene rings is 1. The molecule has 1 aromatic carbocycles. The normalized spacial score (nSPS) is 14.8. The van der Waals surface area contributed by atoms with Gasteiger partial charge in [0.25, 0.3) is 0 Å². The highest BCUT2D eigenvalue weighted by Crippen LogP contribution is 2.28. The summed E-state index contributed by atoms with van der Waals surface area (Å²) in [6, 6.07) is 8.03. The van der Waals surface area contributed by atoms with E-state index in [9.17, 15) is 0 Å². The molecule has 0 saturated heterocycles. The van der Waals surface area contributed by atoms with Gasteiger partial charge >= 0.3 is 0 Å². The zero-order valence-electron chi connectivity index (χ0n) is 14.9. The van der Waals surface area contributed by atoms with E-state index in [1.54, 1.807) is 12.5 Å². The van der Waals surface area contributed by atoms with Crippen LogP contribution in [0.5, 0.6) is 5.75 Å². The Hall–Kier alpha value is -3.59. The SMILES string of the molecule is C1=CC=CCOc2cccc3ccnc(c23)C=CC=CC=COC=CC=C1. The van der Waals surface area contributed by atoms with Gasteiger partial charge in [0.1, 0.15) is 12.4 Å². The maximum atomic E-state index is 5.97. The summed E-state index contributed by atoms with van der Waals surface area (Å²) in [7, 11) is 0. The van der Waals surface area contributed by atoms with Gasteiger partial charge in [-0.3, -0.25) is 4.98 Å². The monoisotopic (exact) mass is 355 g/mol. The van der Waals surface area contributed by atoms with Crippen LogP contribution in [0.1, 0.15) is 5.69 Å². The minimum Gasteiger partial charge on any atom is -0.489 e. The van der Waals surface area contributed by atoms with Crippen LogP contribution < -0.4 is 4.74 Å². The molecule has 0 atom stereocenters. The smallest absolute Gasteiger partial charge is 0.129 e. The van der Waals surface area contributed by atoms with Crippen LogP contribution in [0.4, 0.5) is 0 Å². The molecule has 3 heteroatoms. The Balaban J connectivity index is 1.91. The van der Waals surface area contributed by atoms with Crippen molar-refractivity contribution in [3.05, 3.63) is 116 Å². The molecule has 0 radical (unpaired) electrons. The van der Waals surface area contributed by atoms with E-state index in [4.69, 9.17) is 9.47 Å². The molecule has 1 aliphatic heterocycles. The molecule has 2 heterocycles. The summed E-state index contributed by atoms with van der Waals surface area (Å²) < 4.78 is 11.2. The van der Waals surface area contributed by atoms with Gasteiger partial charge < -0.3 is 9.47 Å². The molecule has 27 heavy (non-hydrogen) atoms. The Bertz CT molecular complexity index is 954. The quantitative estimate of drug-likeness (QED) is 0.589. The Kier molecular flexibility index (Phi) is 7.02. The van der Waals surface area contributed by atoms with Crippen molar-refractivity contribution in [2.24, 2.45) is 0 Å². The minimum atomic E-state index is 0.490. The first-order valence-corrected chi connectivity index (χ1v) is 8.76. The molecule has 1 aliphatic rings. The summed E-state index contributed by atoms with van der Waals surface area (Å²) >= 11 is 0. The molecule has 0 bridgehead atoms. The maximum Gasteiger partial charge on any atom is 0.129 e. The fraction of sp³-hybridized carbons (Fsp3) is 0.0417. The Morgan fingerprint density at radius 3 is 2.33 bits per heavy atom. The van der Waals surface area contributed by atoms with E-state index in [0.29, 0.717) is 6.61 Å². The summed E-state index contributed by atoms with van der Waals surface area (Å²) in [6.45, 7) is 0.490. The van der Waals surface area contributed by atoms with Crippen molar-refractivity contribution in [1.29, 1.82) is 0 Å². The van der Waals surface area contributed by atoms with E-state index in [-0.39, 0.29) is 0 Å². The van der Waals surface area contributed by atoms with Crippen molar-refractivity contribution < 1.29 is 9.47 Å². The van der Waals surface area contributed by atoms with E-state index < -0.39 is 0 Å². The summed E-state index contributed by atoms with van der Waals surface area (Å²) in [4.78, 5) is 4.50. The number of aromatic nitrogens is 1. The van der Waals surface area contributed by atoms with Crippen LogP contribution in [0.25, 0.3) is 16.8 Å². The zero-order chi connectivity index (χ0) is 18.6. The van der Waals surface area contributed by atoms with Crippen molar-refractivity contribution in [3.8, 4) is 5.75 Å². The minimum absolute atomic E-state index is 0.490. The Morgan fingerprint density at radius 2 is 1.48 bits per heavy atom. The number of rotatable bonds is 0. The predicted octanol–water partition coefficient (Wildman–Crippen LogP) is 5.91. The van der Waals surface area contributed by atoms with Crippen LogP contribution in [0.2, 0.25) is 0 Å². The number of hydrogen-bond donors (Lipinski definition) is 0. The Morgan fingerprint density at radius 1 is 0.741 bits per heavy atom. The Labute approximate surface area is 159 Å². The topological polar surface area (TPSA) is 31.4 Å². The summed E-state index contributed by atoms with van der Waals surface area (Å²) in [5, 5.41) is 2.11. The number of allylic oxidation sites excluding steroid dienone is 10. The highest BCUT2D eigenvalue weighted by molar-refractivity contribution is 5.94. The zero-order valence-corrected chi connectivity index (χ0v) is 14.9. The van der Waals surface area contributed by atoms with E-state index in [2.05, 4.69) is 11.1 Å². The van der Waals surface area contributed by atoms with Crippen molar-refractivity contribution >= 4 is 16.8 Å². The van der Waals surface area contributed by atoms with Crippen molar-refractivity contribution in [2.45, 2.75) is 0 Å². The second kappa shape index (κ2) is 10.4. The fourth-order valence-electron chi connectivity index (χ4n) is 2.50. The predicted molar refractivity (Wildman–Crippen MR) is 112 cm³/mol. The van der Waals surface area contributed by atoms with Crippen molar-refractivity contribution in [1.82, 2.24) is 4.98 Å². The number of ether oxygens (including phenoxy) is 2. The maximum absolute atomic E-state index is 5.97. The van der Waals surface area contributed by atoms with E-state index in [1.807, 2.05) is 97.3 Å². The summed E-state index contributed by atoms with van der Waals surface area (Å²) in [5.41, 5.74) is 0.874. The fourth-order valence-corrected chi connectivity index (χ4v) is 2.50. The summed E-state index contributed by atoms with van der Waals surface area (Å²) in [5.74, 6) is 0.825. The lowest BCUT2D eigenvalue weighted by atomic mass is 10.1. The largest absolute Gasteiger partial charge is 0.489 e. The van der Waals surface area contributed by atoms with Gasteiger partial charge in [-0.15, -0.1) is 0 Å². The van der Waals surface area contributed by atoms with E-state index in [1.165, 1.54) is 0 Å². The first kappa shape index (κ1) is 18.2. The summed E-state index contributed by atoms with van der Waals surface area (Å²) in [6.07, 6.45) is 28.1. The third kappa shape index (κ3) is 5.72. The van der Waals surface area contributed by atoms with Crippen LogP contribution in [0, 0.1) is 0 Å². The van der Waals surface area contributed by atoms with Crippen LogP contribution in [-0.2, 0) is 4.74 Å². The number of hydrogen-bond acceptors (Lipinski definition) is 3. The van der Waals surface area contributed by atoms with Crippen LogP contribution in [0.3, 0.4) is 0 Å². The molecule has 0 unspecified atom stereocenters. The van der Waals surface area contributed by atoms with Gasteiger partial charge in [0.15, 0.2) is 0 Å². The molecule has 2 aromatic rings. The van der Waals surface area contributed by atoms with E-state index in [0.717, 1.165) is 22.2 Å². The molecule has 0 saturated carbocycles. The van der Waals surface area contributed by atoms with Gasteiger partial charge in [-0.05, 0) is 41.8 Å². The molecule has 134 valence electrons. The second-order valence-corrected chi connectivity index (χ2v) is 5.60. The average molecular weight is 355 g/mol. The standard InChI is InChI=1S/C24H21NO2/c1-2-5-9-18-26-19-10-7-4-8-14-22-24-21(16-17-25-22)13-12-15-23(24)27-20-11-6-3-1/h1-19H,20H2. The van der Waals surface area contributed by atoms with E-state index >= 15 is 0 Å². The molecular formula is C24H21NO2. The molecule has 1 aromatic heterocycles. The van der Waals surface area contributed by atoms with Crippen molar-refractivity contribution in [3.63, 3.8) is 0 Å². The van der Waals surface area contributed by atoms with Gasteiger partial charge in [-0.25, -0.2) is 0 Å². The molecule has 3 nitrogen and oxygen atoms in total. The average Bonchev–Trinajstić information content (AvgIpc) is 2.69. The van der Waals surface area contributed by atoms with Gasteiger partial charge in [0.05, 0.1) is 18.2 Å². The van der Waals surface area contributed by atoms with Crippen LogP contribution >= 0.6 is 0 Å². The highest BCUT2D eigenvalue weighted by Gasteiger charge is 2.06. The number of nitrogens with zero attached hydrogens (tertiary/aromatic N) is 1. The molecule has 0 aliphatic carbocycles. The first-order valence-electron chi connectivity index (χ1n) is 8.76.